The summed E-state index contributed by atoms with van der Waals surface area (Å²) < 4.78 is 21.1. The summed E-state index contributed by atoms with van der Waals surface area (Å²) in [6.45, 7) is 1.67. The van der Waals surface area contributed by atoms with Crippen LogP contribution in [0, 0.1) is 0 Å². The number of hydrogen-bond donors (Lipinski definition) is 1. The van der Waals surface area contributed by atoms with Gasteiger partial charge in [0, 0.05) is 0 Å². The van der Waals surface area contributed by atoms with Gasteiger partial charge in [0.1, 0.15) is 5.75 Å². The highest BCUT2D eigenvalue weighted by Crippen LogP contribution is 2.37. The van der Waals surface area contributed by atoms with Crippen LogP contribution in [0.4, 0.5) is 0 Å². The molecule has 1 unspecified atom stereocenters. The molecule has 5 rings (SSSR count). The van der Waals surface area contributed by atoms with Crippen LogP contribution >= 0.6 is 0 Å². The molecule has 0 aromatic heterocycles. The van der Waals surface area contributed by atoms with Crippen molar-refractivity contribution >= 4 is 24.9 Å². The molecule has 0 aliphatic carbocycles. The van der Waals surface area contributed by atoms with E-state index < -0.39 is 12.0 Å². The summed E-state index contributed by atoms with van der Waals surface area (Å²) in [6, 6.07) is 8.65. The van der Waals surface area contributed by atoms with Gasteiger partial charge in [-0.15, -0.1) is 0 Å². The van der Waals surface area contributed by atoms with E-state index in [-0.39, 0.29) is 5.56 Å². The van der Waals surface area contributed by atoms with Crippen molar-refractivity contribution < 1.29 is 38.1 Å². The van der Waals surface area contributed by atoms with Gasteiger partial charge in [0.05, 0.1) is 16.7 Å². The number of aromatic carboxylic acids is 1. The molecule has 0 saturated carbocycles. The van der Waals surface area contributed by atoms with E-state index in [1.165, 1.54) is 6.07 Å². The normalized spacial score (nSPS) is 21.2. The third kappa shape index (κ3) is 2.23. The average Bonchev–Trinajstić information content (AvgIpc) is 3.01. The number of carboxylic acids is 1. The lowest BCUT2D eigenvalue weighted by Crippen LogP contribution is -2.59. The summed E-state index contributed by atoms with van der Waals surface area (Å²) >= 11 is 0. The fourth-order valence-corrected chi connectivity index (χ4v) is 3.56. The number of nitrogens with zero attached hydrogens (tertiary/aromatic N) is 2. The van der Waals surface area contributed by atoms with Gasteiger partial charge in [-0.05, 0) is 36.4 Å². The van der Waals surface area contributed by atoms with Crippen LogP contribution in [-0.2, 0) is 4.79 Å². The summed E-state index contributed by atoms with van der Waals surface area (Å²) in [4.78, 5) is 21.8. The molecule has 3 aliphatic rings. The molecule has 1 atom stereocenters. The molecule has 3 aliphatic heterocycles. The molecule has 134 valence electrons. The highest BCUT2D eigenvalue weighted by molar-refractivity contribution is 5.92. The number of carbonyl (C=O) groups is 2. The maximum Gasteiger partial charge on any atom is 0.704 e. The molecular formula is C19H14N2O6+2. The number of ether oxygens (including phenoxy) is 3. The van der Waals surface area contributed by atoms with Gasteiger partial charge in [-0.2, -0.15) is 0 Å². The maximum absolute atomic E-state index is 11.2. The van der Waals surface area contributed by atoms with Crippen molar-refractivity contribution in [2.24, 2.45) is 0 Å². The van der Waals surface area contributed by atoms with E-state index >= 15 is 0 Å². The summed E-state index contributed by atoms with van der Waals surface area (Å²) in [5.74, 6) is 0.577. The second kappa shape index (κ2) is 5.41. The number of fused-ring (bicyclic) bond motifs is 2. The molecule has 2 aromatic rings. The molecule has 27 heavy (non-hydrogen) atoms. The first-order valence-corrected chi connectivity index (χ1v) is 8.32. The van der Waals surface area contributed by atoms with Crippen LogP contribution in [0.3, 0.4) is 0 Å². The molecule has 3 heterocycles. The van der Waals surface area contributed by atoms with Crippen molar-refractivity contribution in [3.05, 3.63) is 53.1 Å². The molecule has 1 N–H and O–H groups in total. The Morgan fingerprint density at radius 2 is 1.67 bits per heavy atom. The second-order valence-corrected chi connectivity index (χ2v) is 6.37. The van der Waals surface area contributed by atoms with Gasteiger partial charge < -0.3 is 19.3 Å². The minimum absolute atomic E-state index is 0.199. The Morgan fingerprint density at radius 3 is 2.30 bits per heavy atom. The quantitative estimate of drug-likeness (QED) is 0.641. The molecule has 8 nitrogen and oxygen atoms in total. The lowest BCUT2D eigenvalue weighted by atomic mass is 10.1. The van der Waals surface area contributed by atoms with Crippen LogP contribution in [0.5, 0.6) is 17.2 Å². The van der Waals surface area contributed by atoms with Crippen LogP contribution in [0.1, 0.15) is 21.5 Å². The van der Waals surface area contributed by atoms with Gasteiger partial charge in [0.2, 0.25) is 13.1 Å². The molecule has 0 bridgehead atoms. The number of rotatable bonds is 3. The van der Waals surface area contributed by atoms with E-state index in [1.54, 1.807) is 30.3 Å². The van der Waals surface area contributed by atoms with Crippen LogP contribution in [0.25, 0.3) is 0 Å². The van der Waals surface area contributed by atoms with Gasteiger partial charge in [0.15, 0.2) is 23.9 Å². The van der Waals surface area contributed by atoms with E-state index in [0.29, 0.717) is 42.4 Å². The SMILES string of the molecule is O=COc1ccc2c(c1)C=[N+]1CC[N+]3=Cc4cc(C(=O)O)ccc4OC13O2. The number of benzene rings is 2. The van der Waals surface area contributed by atoms with Gasteiger partial charge >= 0.3 is 12.0 Å². The summed E-state index contributed by atoms with van der Waals surface area (Å²) in [5.41, 5.74) is 1.66. The highest BCUT2D eigenvalue weighted by Gasteiger charge is 2.68. The molecule has 1 spiro atoms. The van der Waals surface area contributed by atoms with Crippen LogP contribution in [0.2, 0.25) is 0 Å². The Morgan fingerprint density at radius 1 is 1.04 bits per heavy atom. The Hall–Kier alpha value is -3.68. The molecule has 0 amide bonds. The van der Waals surface area contributed by atoms with E-state index in [1.807, 2.05) is 21.6 Å². The third-order valence-corrected chi connectivity index (χ3v) is 4.81. The lowest BCUT2D eigenvalue weighted by molar-refractivity contribution is -0.855. The molecule has 0 radical (unpaired) electrons. The van der Waals surface area contributed by atoms with Crippen molar-refractivity contribution in [3.8, 4) is 17.2 Å². The van der Waals surface area contributed by atoms with E-state index in [4.69, 9.17) is 14.2 Å². The average molecular weight is 366 g/mol. The van der Waals surface area contributed by atoms with E-state index in [9.17, 15) is 14.7 Å². The minimum Gasteiger partial charge on any atom is -0.478 e. The van der Waals surface area contributed by atoms with Crippen molar-refractivity contribution in [3.63, 3.8) is 0 Å². The molecule has 8 heteroatoms. The number of carboxylic acid groups (broad SMARTS) is 1. The van der Waals surface area contributed by atoms with Gasteiger partial charge in [-0.1, -0.05) is 9.15 Å². The zero-order valence-corrected chi connectivity index (χ0v) is 14.0. The second-order valence-electron chi connectivity index (χ2n) is 6.37. The predicted molar refractivity (Wildman–Crippen MR) is 91.1 cm³/mol. The Bertz CT molecular complexity index is 1070. The van der Waals surface area contributed by atoms with Crippen molar-refractivity contribution in [2.75, 3.05) is 13.1 Å². The summed E-state index contributed by atoms with van der Waals surface area (Å²) in [5, 5.41) is 9.19. The first-order chi connectivity index (χ1) is 13.1. The van der Waals surface area contributed by atoms with Crippen LogP contribution < -0.4 is 14.2 Å². The fourth-order valence-electron chi connectivity index (χ4n) is 3.56. The summed E-state index contributed by atoms with van der Waals surface area (Å²) in [7, 11) is 0. The smallest absolute Gasteiger partial charge is 0.478 e. The Labute approximate surface area is 153 Å². The van der Waals surface area contributed by atoms with Gasteiger partial charge in [-0.3, -0.25) is 4.79 Å². The summed E-state index contributed by atoms with van der Waals surface area (Å²) in [6.07, 6.45) is 3.76. The minimum atomic E-state index is -1.15. The Balaban J connectivity index is 1.58. The third-order valence-electron chi connectivity index (χ3n) is 4.81. The largest absolute Gasteiger partial charge is 0.704 e. The molecular weight excluding hydrogens is 352 g/mol. The first-order valence-electron chi connectivity index (χ1n) is 8.32. The molecule has 1 fully saturated rings. The van der Waals surface area contributed by atoms with Crippen LogP contribution in [0.15, 0.2) is 36.4 Å². The first kappa shape index (κ1) is 15.6. The van der Waals surface area contributed by atoms with Crippen molar-refractivity contribution in [2.45, 2.75) is 6.03 Å². The predicted octanol–water partition coefficient (Wildman–Crippen LogP) is 0.893. The Kier molecular flexibility index (Phi) is 3.12. The highest BCUT2D eigenvalue weighted by atomic mass is 16.7. The number of carbonyl (C=O) groups excluding carboxylic acids is 1. The van der Waals surface area contributed by atoms with Gasteiger partial charge in [0.25, 0.3) is 6.47 Å². The van der Waals surface area contributed by atoms with Crippen molar-refractivity contribution in [1.82, 2.24) is 0 Å². The standard InChI is InChI=1S/C19H13N2O6/c22-11-25-15-2-4-17-14(8-15)10-21-6-5-20-9-13-7-12(18(23)24)1-3-16(13)26-19(20,21)27-17/h1-4,7-11H,5-6H2/q+1/p+1. The number of hydrogen-bond acceptors (Lipinski definition) is 5. The van der Waals surface area contributed by atoms with E-state index in [2.05, 4.69) is 0 Å². The molecule has 1 saturated heterocycles. The molecule has 2 aromatic carbocycles. The zero-order valence-electron chi connectivity index (χ0n) is 14.0. The van der Waals surface area contributed by atoms with Crippen LogP contribution in [-0.4, -0.2) is 58.3 Å². The van der Waals surface area contributed by atoms with Crippen molar-refractivity contribution in [1.29, 1.82) is 0 Å². The maximum atomic E-state index is 11.2. The lowest BCUT2D eigenvalue weighted by Gasteiger charge is -2.26. The van der Waals surface area contributed by atoms with Gasteiger partial charge in [-0.25, -0.2) is 4.79 Å². The van der Waals surface area contributed by atoms with E-state index in [0.717, 1.165) is 5.56 Å². The fraction of sp³-hybridized carbons (Fsp3) is 0.158. The zero-order chi connectivity index (χ0) is 18.6. The monoisotopic (exact) mass is 366 g/mol. The topological polar surface area (TPSA) is 88.1 Å².